The number of carbonyl (C=O) groups is 2. The molecule has 0 aliphatic heterocycles. The highest BCUT2D eigenvalue weighted by atomic mass is 16.2. The highest BCUT2D eigenvalue weighted by Crippen LogP contribution is 2.28. The van der Waals surface area contributed by atoms with E-state index in [1.165, 1.54) is 0 Å². The molecule has 1 atom stereocenters. The summed E-state index contributed by atoms with van der Waals surface area (Å²) < 4.78 is 0. The van der Waals surface area contributed by atoms with Crippen LogP contribution < -0.4 is 16.4 Å². The van der Waals surface area contributed by atoms with Crippen molar-refractivity contribution in [2.45, 2.75) is 32.6 Å². The van der Waals surface area contributed by atoms with Crippen LogP contribution in [0.3, 0.4) is 0 Å². The van der Waals surface area contributed by atoms with E-state index in [0.717, 1.165) is 19.3 Å². The molecule has 1 aliphatic carbocycles. The first-order chi connectivity index (χ1) is 8.17. The summed E-state index contributed by atoms with van der Waals surface area (Å²) in [6, 6.07) is 0. The molecule has 5 heteroatoms. The van der Waals surface area contributed by atoms with Crippen molar-refractivity contribution >= 4 is 11.8 Å². The molecular formula is C12H23N3O2. The smallest absolute Gasteiger partial charge is 0.223 e. The fraction of sp³-hybridized carbons (Fsp3) is 0.833. The number of hydrogen-bond donors (Lipinski definition) is 3. The van der Waals surface area contributed by atoms with Gasteiger partial charge in [-0.05, 0) is 25.3 Å². The summed E-state index contributed by atoms with van der Waals surface area (Å²) in [4.78, 5) is 22.8. The van der Waals surface area contributed by atoms with Gasteiger partial charge in [-0.15, -0.1) is 0 Å². The summed E-state index contributed by atoms with van der Waals surface area (Å²) >= 11 is 0. The van der Waals surface area contributed by atoms with E-state index in [0.29, 0.717) is 26.1 Å². The van der Waals surface area contributed by atoms with Crippen LogP contribution in [0.2, 0.25) is 0 Å². The Morgan fingerprint density at radius 2 is 1.94 bits per heavy atom. The molecule has 0 aromatic heterocycles. The van der Waals surface area contributed by atoms with Crippen LogP contribution >= 0.6 is 0 Å². The molecule has 0 saturated heterocycles. The fourth-order valence-electron chi connectivity index (χ4n) is 1.61. The van der Waals surface area contributed by atoms with Gasteiger partial charge in [-0.3, -0.25) is 9.59 Å². The minimum absolute atomic E-state index is 0.0166. The highest BCUT2D eigenvalue weighted by Gasteiger charge is 2.28. The van der Waals surface area contributed by atoms with Gasteiger partial charge in [0.2, 0.25) is 11.8 Å². The second-order valence-corrected chi connectivity index (χ2v) is 4.63. The Morgan fingerprint density at radius 1 is 1.29 bits per heavy atom. The maximum Gasteiger partial charge on any atom is 0.223 e. The number of nitrogens with two attached hydrogens (primary N) is 1. The van der Waals surface area contributed by atoms with Crippen molar-refractivity contribution in [2.75, 3.05) is 19.6 Å². The first kappa shape index (κ1) is 14.0. The molecule has 0 spiro atoms. The molecule has 0 radical (unpaired) electrons. The summed E-state index contributed by atoms with van der Waals surface area (Å²) in [5.41, 5.74) is 5.53. The largest absolute Gasteiger partial charge is 0.354 e. The van der Waals surface area contributed by atoms with Gasteiger partial charge in [-0.25, -0.2) is 0 Å². The average molecular weight is 241 g/mol. The second-order valence-electron chi connectivity index (χ2n) is 4.63. The molecular weight excluding hydrogens is 218 g/mol. The van der Waals surface area contributed by atoms with Crippen molar-refractivity contribution in [3.63, 3.8) is 0 Å². The molecule has 0 aromatic carbocycles. The Kier molecular flexibility index (Phi) is 5.97. The average Bonchev–Trinajstić information content (AvgIpc) is 3.15. The van der Waals surface area contributed by atoms with Gasteiger partial charge in [0.05, 0.1) is 0 Å². The Balaban J connectivity index is 2.01. The molecule has 1 fully saturated rings. The molecule has 2 amide bonds. The van der Waals surface area contributed by atoms with Gasteiger partial charge in [-0.1, -0.05) is 13.3 Å². The predicted molar refractivity (Wildman–Crippen MR) is 66.2 cm³/mol. The van der Waals surface area contributed by atoms with Gasteiger partial charge in [-0.2, -0.15) is 0 Å². The van der Waals surface area contributed by atoms with Crippen LogP contribution in [0, 0.1) is 11.8 Å². The molecule has 0 aromatic rings. The zero-order valence-electron chi connectivity index (χ0n) is 10.5. The Bertz CT molecular complexity index is 260. The molecule has 4 N–H and O–H groups in total. The molecule has 1 saturated carbocycles. The second kappa shape index (κ2) is 7.27. The minimum Gasteiger partial charge on any atom is -0.354 e. The summed E-state index contributed by atoms with van der Waals surface area (Å²) in [6.07, 6.45) is 3.41. The monoisotopic (exact) mass is 241 g/mol. The van der Waals surface area contributed by atoms with E-state index >= 15 is 0 Å². The van der Waals surface area contributed by atoms with E-state index in [9.17, 15) is 9.59 Å². The van der Waals surface area contributed by atoms with Crippen molar-refractivity contribution in [2.24, 2.45) is 17.6 Å². The van der Waals surface area contributed by atoms with Gasteiger partial charge in [0.25, 0.3) is 0 Å². The Labute approximate surface area is 103 Å². The Morgan fingerprint density at radius 3 is 2.47 bits per heavy atom. The van der Waals surface area contributed by atoms with Crippen LogP contribution in [-0.4, -0.2) is 31.4 Å². The number of amides is 2. The van der Waals surface area contributed by atoms with Crippen LogP contribution in [0.5, 0.6) is 0 Å². The van der Waals surface area contributed by atoms with Crippen molar-refractivity contribution in [1.82, 2.24) is 10.6 Å². The van der Waals surface area contributed by atoms with Gasteiger partial charge in [0.15, 0.2) is 0 Å². The molecule has 5 nitrogen and oxygen atoms in total. The van der Waals surface area contributed by atoms with E-state index in [4.69, 9.17) is 5.73 Å². The maximum absolute atomic E-state index is 11.5. The lowest BCUT2D eigenvalue weighted by Crippen LogP contribution is -2.36. The van der Waals surface area contributed by atoms with E-state index in [1.807, 2.05) is 6.92 Å². The van der Waals surface area contributed by atoms with Gasteiger partial charge < -0.3 is 16.4 Å². The standard InChI is InChI=1S/C12H23N3O2/c1-2-9(8-13)7-11(16)14-5-6-15-12(17)10-3-4-10/h9-10H,2-8,13H2,1H3,(H,14,16)(H,15,17). The molecule has 17 heavy (non-hydrogen) atoms. The number of rotatable bonds is 8. The maximum atomic E-state index is 11.5. The zero-order chi connectivity index (χ0) is 12.7. The topological polar surface area (TPSA) is 84.2 Å². The van der Waals surface area contributed by atoms with Crippen LogP contribution in [0.25, 0.3) is 0 Å². The number of hydrogen-bond acceptors (Lipinski definition) is 3. The van der Waals surface area contributed by atoms with Crippen LogP contribution in [0.15, 0.2) is 0 Å². The van der Waals surface area contributed by atoms with E-state index < -0.39 is 0 Å². The van der Waals surface area contributed by atoms with E-state index in [1.54, 1.807) is 0 Å². The highest BCUT2D eigenvalue weighted by molar-refractivity contribution is 5.81. The number of carbonyl (C=O) groups excluding carboxylic acids is 2. The SMILES string of the molecule is CCC(CN)CC(=O)NCCNC(=O)C1CC1. The quantitative estimate of drug-likeness (QED) is 0.523. The van der Waals surface area contributed by atoms with Crippen LogP contribution in [0.1, 0.15) is 32.6 Å². The molecule has 98 valence electrons. The first-order valence-corrected chi connectivity index (χ1v) is 6.41. The van der Waals surface area contributed by atoms with Crippen LogP contribution in [-0.2, 0) is 9.59 Å². The van der Waals surface area contributed by atoms with Crippen molar-refractivity contribution < 1.29 is 9.59 Å². The fourth-order valence-corrected chi connectivity index (χ4v) is 1.61. The van der Waals surface area contributed by atoms with E-state index in [2.05, 4.69) is 10.6 Å². The summed E-state index contributed by atoms with van der Waals surface area (Å²) in [6.45, 7) is 3.59. The van der Waals surface area contributed by atoms with Crippen molar-refractivity contribution in [3.8, 4) is 0 Å². The molecule has 1 unspecified atom stereocenters. The summed E-state index contributed by atoms with van der Waals surface area (Å²) in [5, 5.41) is 5.59. The van der Waals surface area contributed by atoms with Crippen LogP contribution in [0.4, 0.5) is 0 Å². The van der Waals surface area contributed by atoms with Crippen molar-refractivity contribution in [3.05, 3.63) is 0 Å². The van der Waals surface area contributed by atoms with E-state index in [-0.39, 0.29) is 23.7 Å². The van der Waals surface area contributed by atoms with Gasteiger partial charge in [0, 0.05) is 25.4 Å². The third-order valence-electron chi connectivity index (χ3n) is 3.08. The normalized spacial score (nSPS) is 16.4. The lowest BCUT2D eigenvalue weighted by Gasteiger charge is -2.12. The van der Waals surface area contributed by atoms with Crippen molar-refractivity contribution in [1.29, 1.82) is 0 Å². The summed E-state index contributed by atoms with van der Waals surface area (Å²) in [7, 11) is 0. The van der Waals surface area contributed by atoms with Gasteiger partial charge >= 0.3 is 0 Å². The molecule has 0 heterocycles. The number of nitrogens with one attached hydrogen (secondary N) is 2. The third-order valence-corrected chi connectivity index (χ3v) is 3.08. The first-order valence-electron chi connectivity index (χ1n) is 6.41. The minimum atomic E-state index is 0.0166. The van der Waals surface area contributed by atoms with Gasteiger partial charge in [0.1, 0.15) is 0 Å². The molecule has 1 aliphatic rings. The Hall–Kier alpha value is -1.10. The lowest BCUT2D eigenvalue weighted by molar-refractivity contribution is -0.124. The zero-order valence-corrected chi connectivity index (χ0v) is 10.5. The summed E-state index contributed by atoms with van der Waals surface area (Å²) in [5.74, 6) is 0.624. The molecule has 0 bridgehead atoms. The predicted octanol–water partition coefficient (Wildman–Crippen LogP) is 0.00380. The molecule has 1 rings (SSSR count). The lowest BCUT2D eigenvalue weighted by atomic mass is 10.0. The third kappa shape index (κ3) is 5.68.